The third-order valence-electron chi connectivity index (χ3n) is 3.16. The average molecular weight is 375 g/mol. The van der Waals surface area contributed by atoms with Gasteiger partial charge < -0.3 is 5.32 Å². The van der Waals surface area contributed by atoms with Crippen LogP contribution in [0, 0.1) is 11.6 Å². The molecule has 1 N–H and O–H groups in total. The van der Waals surface area contributed by atoms with E-state index >= 15 is 0 Å². The molecule has 0 aliphatic rings. The van der Waals surface area contributed by atoms with Gasteiger partial charge in [0.1, 0.15) is 0 Å². The van der Waals surface area contributed by atoms with Crippen molar-refractivity contribution in [1.82, 2.24) is 5.32 Å². The lowest BCUT2D eigenvalue weighted by atomic mass is 9.98. The highest BCUT2D eigenvalue weighted by Gasteiger charge is 2.21. The van der Waals surface area contributed by atoms with Crippen LogP contribution in [-0.2, 0) is 0 Å². The molecule has 1 nitrogen and oxygen atoms in total. The molecule has 0 bridgehead atoms. The van der Waals surface area contributed by atoms with E-state index in [0.717, 1.165) is 22.5 Å². The molecule has 0 aliphatic heterocycles. The van der Waals surface area contributed by atoms with Crippen molar-refractivity contribution in [3.63, 3.8) is 0 Å². The van der Waals surface area contributed by atoms with E-state index in [4.69, 9.17) is 11.6 Å². The number of hydrogen-bond donors (Lipinski definition) is 1. The molecule has 1 atom stereocenters. The monoisotopic (exact) mass is 373 g/mol. The van der Waals surface area contributed by atoms with Crippen LogP contribution >= 0.6 is 27.5 Å². The Balaban J connectivity index is 2.52. The number of benzene rings is 2. The first-order valence-corrected chi connectivity index (χ1v) is 7.84. The summed E-state index contributed by atoms with van der Waals surface area (Å²) in [6.45, 7) is 2.69. The summed E-state index contributed by atoms with van der Waals surface area (Å²) in [5, 5.41) is 3.79. The van der Waals surface area contributed by atoms with Crippen molar-refractivity contribution in [2.75, 3.05) is 6.54 Å². The zero-order valence-corrected chi connectivity index (χ0v) is 13.8. The molecule has 0 spiro atoms. The Morgan fingerprint density at radius 1 is 1.19 bits per heavy atom. The molecule has 0 saturated heterocycles. The summed E-state index contributed by atoms with van der Waals surface area (Å²) in [5.74, 6) is -1.69. The number of nitrogens with one attached hydrogen (secondary N) is 1. The van der Waals surface area contributed by atoms with Crippen LogP contribution in [0.15, 0.2) is 40.9 Å². The second-order valence-corrected chi connectivity index (χ2v) is 5.99. The third kappa shape index (κ3) is 3.82. The Labute approximate surface area is 136 Å². The third-order valence-corrected chi connectivity index (χ3v) is 4.12. The van der Waals surface area contributed by atoms with E-state index < -0.39 is 17.7 Å². The fourth-order valence-electron chi connectivity index (χ4n) is 2.16. The standard InChI is InChI=1S/C16H15BrClF2N/c1-2-8-21-16(11-4-3-5-14(19)15(11)20)12-9-10(18)6-7-13(12)17/h3-7,9,16,21H,2,8H2,1H3. The fraction of sp³-hybridized carbons (Fsp3) is 0.250. The summed E-state index contributed by atoms with van der Waals surface area (Å²) in [7, 11) is 0. The Bertz CT molecular complexity index is 632. The zero-order chi connectivity index (χ0) is 15.4. The van der Waals surface area contributed by atoms with Crippen LogP contribution in [0.1, 0.15) is 30.5 Å². The van der Waals surface area contributed by atoms with Gasteiger partial charge in [-0.3, -0.25) is 0 Å². The Kier molecular flexibility index (Phi) is 5.73. The molecule has 0 fully saturated rings. The van der Waals surface area contributed by atoms with Gasteiger partial charge in [-0.25, -0.2) is 8.78 Å². The summed E-state index contributed by atoms with van der Waals surface area (Å²) in [4.78, 5) is 0. The van der Waals surface area contributed by atoms with E-state index in [1.807, 2.05) is 6.92 Å². The van der Waals surface area contributed by atoms with Gasteiger partial charge in [-0.2, -0.15) is 0 Å². The van der Waals surface area contributed by atoms with Crippen molar-refractivity contribution in [1.29, 1.82) is 0 Å². The van der Waals surface area contributed by atoms with Crippen LogP contribution in [0.5, 0.6) is 0 Å². The van der Waals surface area contributed by atoms with Crippen molar-refractivity contribution < 1.29 is 8.78 Å². The minimum atomic E-state index is -0.853. The first kappa shape index (κ1) is 16.4. The van der Waals surface area contributed by atoms with Crippen molar-refractivity contribution in [3.05, 3.63) is 68.7 Å². The molecule has 2 rings (SSSR count). The molecule has 0 saturated carbocycles. The fourth-order valence-corrected chi connectivity index (χ4v) is 2.81. The minimum absolute atomic E-state index is 0.270. The summed E-state index contributed by atoms with van der Waals surface area (Å²) in [5.41, 5.74) is 1.05. The molecule has 0 aliphatic carbocycles. The van der Waals surface area contributed by atoms with Crippen LogP contribution in [-0.4, -0.2) is 6.54 Å². The van der Waals surface area contributed by atoms with Crippen LogP contribution in [0.2, 0.25) is 5.02 Å². The highest BCUT2D eigenvalue weighted by Crippen LogP contribution is 2.32. The van der Waals surface area contributed by atoms with Crippen molar-refractivity contribution in [2.24, 2.45) is 0 Å². The molecule has 0 radical (unpaired) electrons. The van der Waals surface area contributed by atoms with Crippen molar-refractivity contribution in [2.45, 2.75) is 19.4 Å². The van der Waals surface area contributed by atoms with Gasteiger partial charge in [0.05, 0.1) is 6.04 Å². The maximum atomic E-state index is 14.1. The van der Waals surface area contributed by atoms with Crippen LogP contribution < -0.4 is 5.32 Å². The molecule has 112 valence electrons. The smallest absolute Gasteiger partial charge is 0.163 e. The van der Waals surface area contributed by atoms with Gasteiger partial charge in [-0.15, -0.1) is 0 Å². The van der Waals surface area contributed by atoms with Crippen molar-refractivity contribution >= 4 is 27.5 Å². The highest BCUT2D eigenvalue weighted by molar-refractivity contribution is 9.10. The lowest BCUT2D eigenvalue weighted by Gasteiger charge is -2.22. The maximum Gasteiger partial charge on any atom is 0.163 e. The van der Waals surface area contributed by atoms with Crippen LogP contribution in [0.3, 0.4) is 0 Å². The Morgan fingerprint density at radius 2 is 1.95 bits per heavy atom. The molecular weight excluding hydrogens is 360 g/mol. The maximum absolute atomic E-state index is 14.1. The largest absolute Gasteiger partial charge is 0.306 e. The summed E-state index contributed by atoms with van der Waals surface area (Å²) < 4.78 is 28.4. The number of halogens is 4. The van der Waals surface area contributed by atoms with Gasteiger partial charge in [-0.05, 0) is 42.8 Å². The van der Waals surface area contributed by atoms with Crippen molar-refractivity contribution in [3.8, 4) is 0 Å². The van der Waals surface area contributed by atoms with Gasteiger partial charge in [0.15, 0.2) is 11.6 Å². The predicted octanol–water partition coefficient (Wildman–Crippen LogP) is 5.47. The summed E-state index contributed by atoms with van der Waals surface area (Å²) >= 11 is 9.49. The summed E-state index contributed by atoms with van der Waals surface area (Å²) in [6, 6.07) is 9.04. The predicted molar refractivity (Wildman–Crippen MR) is 85.6 cm³/mol. The molecule has 0 aromatic heterocycles. The molecule has 2 aromatic carbocycles. The second-order valence-electron chi connectivity index (χ2n) is 4.70. The Hall–Kier alpha value is -0.970. The number of hydrogen-bond acceptors (Lipinski definition) is 1. The first-order valence-electron chi connectivity index (χ1n) is 6.66. The van der Waals surface area contributed by atoms with E-state index in [1.54, 1.807) is 24.3 Å². The second kappa shape index (κ2) is 7.34. The summed E-state index contributed by atoms with van der Waals surface area (Å²) in [6.07, 6.45) is 0.881. The molecule has 21 heavy (non-hydrogen) atoms. The molecule has 1 unspecified atom stereocenters. The number of rotatable bonds is 5. The Morgan fingerprint density at radius 3 is 2.67 bits per heavy atom. The van der Waals surface area contributed by atoms with E-state index in [-0.39, 0.29) is 5.56 Å². The first-order chi connectivity index (χ1) is 10.0. The van der Waals surface area contributed by atoms with Gasteiger partial charge in [0.2, 0.25) is 0 Å². The molecule has 2 aromatic rings. The van der Waals surface area contributed by atoms with Gasteiger partial charge >= 0.3 is 0 Å². The molecule has 0 amide bonds. The highest BCUT2D eigenvalue weighted by atomic mass is 79.9. The van der Waals surface area contributed by atoms with E-state index in [2.05, 4.69) is 21.2 Å². The minimum Gasteiger partial charge on any atom is -0.306 e. The van der Waals surface area contributed by atoms with Crippen LogP contribution in [0.4, 0.5) is 8.78 Å². The van der Waals surface area contributed by atoms with Gasteiger partial charge in [0.25, 0.3) is 0 Å². The topological polar surface area (TPSA) is 12.0 Å². The van der Waals surface area contributed by atoms with E-state index in [9.17, 15) is 8.78 Å². The average Bonchev–Trinajstić information content (AvgIpc) is 2.47. The molecular formula is C16H15BrClF2N. The van der Waals surface area contributed by atoms with Gasteiger partial charge in [0, 0.05) is 15.1 Å². The van der Waals surface area contributed by atoms with Crippen LogP contribution in [0.25, 0.3) is 0 Å². The molecule has 5 heteroatoms. The normalized spacial score (nSPS) is 12.4. The van der Waals surface area contributed by atoms with E-state index in [1.165, 1.54) is 6.07 Å². The quantitative estimate of drug-likeness (QED) is 0.732. The lowest BCUT2D eigenvalue weighted by Crippen LogP contribution is -2.24. The van der Waals surface area contributed by atoms with Gasteiger partial charge in [-0.1, -0.05) is 46.6 Å². The lowest BCUT2D eigenvalue weighted by molar-refractivity contribution is 0.480. The zero-order valence-electron chi connectivity index (χ0n) is 11.5. The molecule has 0 heterocycles. The SMILES string of the molecule is CCCNC(c1cc(Cl)ccc1Br)c1cccc(F)c1F. The van der Waals surface area contributed by atoms with E-state index in [0.29, 0.717) is 11.6 Å².